The van der Waals surface area contributed by atoms with Crippen LogP contribution in [0, 0.1) is 5.82 Å². The van der Waals surface area contributed by atoms with Crippen LogP contribution in [-0.4, -0.2) is 32.8 Å². The summed E-state index contributed by atoms with van der Waals surface area (Å²) in [4.78, 5) is 13.5. The molecule has 0 aliphatic heterocycles. The van der Waals surface area contributed by atoms with Crippen molar-refractivity contribution in [1.29, 1.82) is 0 Å². The highest BCUT2D eigenvalue weighted by atomic mass is 35.5. The Morgan fingerprint density at radius 1 is 1.19 bits per heavy atom. The Labute approximate surface area is 189 Å². The zero-order valence-electron chi connectivity index (χ0n) is 16.4. The maximum Gasteiger partial charge on any atom is 0.291 e. The van der Waals surface area contributed by atoms with Gasteiger partial charge in [0.2, 0.25) is 4.96 Å². The third kappa shape index (κ3) is 3.70. The highest BCUT2D eigenvalue weighted by molar-refractivity contribution is 7.19. The highest BCUT2D eigenvalue weighted by Crippen LogP contribution is 2.33. The Kier molecular flexibility index (Phi) is 5.08. The molecule has 0 aliphatic carbocycles. The molecular weight excluding hydrogens is 457 g/mol. The van der Waals surface area contributed by atoms with Crippen LogP contribution in [0.5, 0.6) is 5.75 Å². The first-order valence-corrected chi connectivity index (χ1v) is 10.4. The number of halogens is 2. The number of methoxy groups -OCH3 is 1. The second kappa shape index (κ2) is 8.06. The van der Waals surface area contributed by atoms with Crippen LogP contribution < -0.4 is 10.1 Å². The van der Waals surface area contributed by atoms with Crippen LogP contribution in [0.15, 0.2) is 59.3 Å². The number of nitrogens with zero attached hydrogens (tertiary/aromatic N) is 4. The van der Waals surface area contributed by atoms with Gasteiger partial charge in [0, 0.05) is 11.1 Å². The summed E-state index contributed by atoms with van der Waals surface area (Å²) in [6.45, 7) is 0. The summed E-state index contributed by atoms with van der Waals surface area (Å²) in [6.07, 6.45) is 1.52. The summed E-state index contributed by atoms with van der Waals surface area (Å²) in [6, 6.07) is 12.7. The normalized spacial score (nSPS) is 11.1. The van der Waals surface area contributed by atoms with Gasteiger partial charge in [-0.25, -0.2) is 4.39 Å². The first kappa shape index (κ1) is 20.2. The Hall–Kier alpha value is -3.76. The second-order valence-electron chi connectivity index (χ2n) is 6.63. The standard InChI is InChI=1S/C21H13ClFN5O3S/c1-30-17-5-3-12(20-27-28-10-24-26-21(28)32-20)9-15(17)25-19(29)18-7-6-16(31-18)11-2-4-14(23)13(22)8-11/h2-10H,1H3,(H,25,29). The van der Waals surface area contributed by atoms with Crippen molar-refractivity contribution in [3.63, 3.8) is 0 Å². The fourth-order valence-electron chi connectivity index (χ4n) is 3.06. The second-order valence-corrected chi connectivity index (χ2v) is 7.99. The largest absolute Gasteiger partial charge is 0.495 e. The van der Waals surface area contributed by atoms with Gasteiger partial charge in [0.15, 0.2) is 5.76 Å². The number of fused-ring (bicyclic) bond motifs is 1. The molecule has 11 heteroatoms. The molecule has 3 heterocycles. The van der Waals surface area contributed by atoms with E-state index in [1.165, 1.54) is 49.0 Å². The van der Waals surface area contributed by atoms with Gasteiger partial charge in [0.05, 0.1) is 17.8 Å². The molecule has 5 aromatic rings. The molecule has 0 saturated heterocycles. The summed E-state index contributed by atoms with van der Waals surface area (Å²) >= 11 is 7.20. The zero-order chi connectivity index (χ0) is 22.2. The Morgan fingerprint density at radius 2 is 2.03 bits per heavy atom. The molecule has 0 fully saturated rings. The molecule has 0 atom stereocenters. The van der Waals surface area contributed by atoms with Crippen molar-refractivity contribution in [3.8, 4) is 27.6 Å². The van der Waals surface area contributed by atoms with Gasteiger partial charge in [-0.15, -0.1) is 10.2 Å². The van der Waals surface area contributed by atoms with Crippen LogP contribution in [0.2, 0.25) is 5.02 Å². The number of carbonyl (C=O) groups is 1. The van der Waals surface area contributed by atoms with E-state index in [2.05, 4.69) is 20.6 Å². The molecule has 0 spiro atoms. The maximum absolute atomic E-state index is 13.4. The minimum Gasteiger partial charge on any atom is -0.495 e. The van der Waals surface area contributed by atoms with Crippen molar-refractivity contribution < 1.29 is 18.3 Å². The molecule has 5 rings (SSSR count). The topological polar surface area (TPSA) is 94.5 Å². The SMILES string of the molecule is COc1ccc(-c2nn3cnnc3s2)cc1NC(=O)c1ccc(-c2ccc(F)c(Cl)c2)o1. The van der Waals surface area contributed by atoms with Gasteiger partial charge >= 0.3 is 0 Å². The van der Waals surface area contributed by atoms with Crippen LogP contribution in [-0.2, 0) is 0 Å². The zero-order valence-corrected chi connectivity index (χ0v) is 17.9. The van der Waals surface area contributed by atoms with E-state index in [1.54, 1.807) is 22.7 Å². The van der Waals surface area contributed by atoms with E-state index in [1.807, 2.05) is 6.07 Å². The molecule has 3 aromatic heterocycles. The molecule has 1 N–H and O–H groups in total. The summed E-state index contributed by atoms with van der Waals surface area (Å²) in [7, 11) is 1.51. The minimum atomic E-state index is -0.531. The number of benzene rings is 2. The molecule has 0 saturated carbocycles. The van der Waals surface area contributed by atoms with E-state index < -0.39 is 11.7 Å². The smallest absolute Gasteiger partial charge is 0.291 e. The molecule has 0 unspecified atom stereocenters. The number of hydrogen-bond acceptors (Lipinski definition) is 7. The highest BCUT2D eigenvalue weighted by Gasteiger charge is 2.17. The summed E-state index contributed by atoms with van der Waals surface area (Å²) < 4.78 is 26.0. The Bertz CT molecular complexity index is 1430. The monoisotopic (exact) mass is 469 g/mol. The minimum absolute atomic E-state index is 0.0307. The molecule has 1 amide bonds. The van der Waals surface area contributed by atoms with Crippen molar-refractivity contribution in [2.75, 3.05) is 12.4 Å². The maximum atomic E-state index is 13.4. The van der Waals surface area contributed by atoms with Gasteiger partial charge in [-0.1, -0.05) is 22.9 Å². The molecule has 2 aromatic carbocycles. The number of amides is 1. The number of anilines is 1. The number of aromatic nitrogens is 4. The van der Waals surface area contributed by atoms with E-state index in [-0.39, 0.29) is 10.8 Å². The molecular formula is C21H13ClFN5O3S. The van der Waals surface area contributed by atoms with Crippen molar-refractivity contribution in [2.24, 2.45) is 0 Å². The van der Waals surface area contributed by atoms with Crippen LogP contribution in [0.3, 0.4) is 0 Å². The number of rotatable bonds is 5. The van der Waals surface area contributed by atoms with E-state index in [4.69, 9.17) is 20.8 Å². The Balaban J connectivity index is 1.41. The number of ether oxygens (including phenoxy) is 1. The Morgan fingerprint density at radius 3 is 2.81 bits per heavy atom. The molecule has 0 aliphatic rings. The lowest BCUT2D eigenvalue weighted by Crippen LogP contribution is -2.11. The summed E-state index contributed by atoms with van der Waals surface area (Å²) in [5.41, 5.74) is 1.78. The quantitative estimate of drug-likeness (QED) is 0.382. The lowest BCUT2D eigenvalue weighted by atomic mass is 10.2. The number of hydrogen-bond donors (Lipinski definition) is 1. The van der Waals surface area contributed by atoms with Crippen molar-refractivity contribution in [2.45, 2.75) is 0 Å². The lowest BCUT2D eigenvalue weighted by molar-refractivity contribution is 0.0997. The van der Waals surface area contributed by atoms with E-state index in [0.29, 0.717) is 32.7 Å². The number of carbonyl (C=O) groups excluding carboxylic acids is 1. The van der Waals surface area contributed by atoms with Crippen molar-refractivity contribution in [3.05, 3.63) is 71.5 Å². The summed E-state index contributed by atoms with van der Waals surface area (Å²) in [5, 5.41) is 15.7. The predicted octanol–water partition coefficient (Wildman–Crippen LogP) is 5.17. The van der Waals surface area contributed by atoms with E-state index in [9.17, 15) is 9.18 Å². The average Bonchev–Trinajstić information content (AvgIpc) is 3.52. The van der Waals surface area contributed by atoms with Gasteiger partial charge in [0.1, 0.15) is 28.7 Å². The van der Waals surface area contributed by atoms with E-state index >= 15 is 0 Å². The van der Waals surface area contributed by atoms with Crippen molar-refractivity contribution in [1.82, 2.24) is 19.8 Å². The summed E-state index contributed by atoms with van der Waals surface area (Å²) in [5.74, 6) is -0.0684. The fraction of sp³-hybridized carbons (Fsp3) is 0.0476. The molecule has 8 nitrogen and oxygen atoms in total. The van der Waals surface area contributed by atoms with Crippen LogP contribution in [0.4, 0.5) is 10.1 Å². The van der Waals surface area contributed by atoms with Crippen LogP contribution in [0.25, 0.3) is 26.9 Å². The predicted molar refractivity (Wildman–Crippen MR) is 118 cm³/mol. The van der Waals surface area contributed by atoms with Gasteiger partial charge < -0.3 is 14.5 Å². The average molecular weight is 470 g/mol. The van der Waals surface area contributed by atoms with Gasteiger partial charge in [-0.05, 0) is 48.5 Å². The van der Waals surface area contributed by atoms with Gasteiger partial charge in [-0.2, -0.15) is 9.61 Å². The molecule has 160 valence electrons. The first-order chi connectivity index (χ1) is 15.5. The molecule has 0 radical (unpaired) electrons. The third-order valence-corrected chi connectivity index (χ3v) is 5.87. The van der Waals surface area contributed by atoms with E-state index in [0.717, 1.165) is 5.56 Å². The lowest BCUT2D eigenvalue weighted by Gasteiger charge is -2.10. The van der Waals surface area contributed by atoms with Crippen molar-refractivity contribution >= 4 is 39.5 Å². The number of furan rings is 1. The van der Waals surface area contributed by atoms with Gasteiger partial charge in [0.25, 0.3) is 5.91 Å². The third-order valence-electron chi connectivity index (χ3n) is 4.62. The molecule has 0 bridgehead atoms. The molecule has 32 heavy (non-hydrogen) atoms. The first-order valence-electron chi connectivity index (χ1n) is 9.23. The van der Waals surface area contributed by atoms with Crippen LogP contribution in [0.1, 0.15) is 10.6 Å². The fourth-order valence-corrected chi connectivity index (χ4v) is 4.06. The van der Waals surface area contributed by atoms with Crippen LogP contribution >= 0.6 is 22.9 Å². The van der Waals surface area contributed by atoms with Gasteiger partial charge in [-0.3, -0.25) is 4.79 Å². The number of nitrogens with one attached hydrogen (secondary N) is 1.